The molecule has 0 aliphatic carbocycles. The lowest BCUT2D eigenvalue weighted by atomic mass is 10.1. The van der Waals surface area contributed by atoms with E-state index in [1.807, 2.05) is 0 Å². The van der Waals surface area contributed by atoms with Crippen LogP contribution >= 0.6 is 0 Å². The van der Waals surface area contributed by atoms with Crippen LogP contribution in [-0.2, 0) is 0 Å². The van der Waals surface area contributed by atoms with E-state index in [0.717, 1.165) is 6.42 Å². The highest BCUT2D eigenvalue weighted by Crippen LogP contribution is 2.04. The van der Waals surface area contributed by atoms with Gasteiger partial charge in [-0.25, -0.2) is 0 Å². The molecule has 0 heterocycles. The zero-order chi connectivity index (χ0) is 8.36. The fourth-order valence-corrected chi connectivity index (χ4v) is 1.02. The maximum Gasteiger partial charge on any atom is -0.0162 e. The molecule has 0 nitrogen and oxygen atoms in total. The van der Waals surface area contributed by atoms with Gasteiger partial charge in [0.05, 0.1) is 0 Å². The molecule has 0 aromatic rings. The fourth-order valence-electron chi connectivity index (χ4n) is 1.02. The van der Waals surface area contributed by atoms with Crippen molar-refractivity contribution in [2.24, 2.45) is 0 Å². The van der Waals surface area contributed by atoms with Crippen LogP contribution in [0, 0.1) is 12.3 Å². The number of allylic oxidation sites excluding steroid dienone is 2. The summed E-state index contributed by atoms with van der Waals surface area (Å²) in [5.74, 6) is 2.49. The van der Waals surface area contributed by atoms with E-state index in [1.54, 1.807) is 6.08 Å². The van der Waals surface area contributed by atoms with E-state index in [-0.39, 0.29) is 0 Å². The van der Waals surface area contributed by atoms with Gasteiger partial charge in [0.15, 0.2) is 0 Å². The van der Waals surface area contributed by atoms with Gasteiger partial charge in [-0.05, 0) is 18.9 Å². The molecule has 0 radical (unpaired) electrons. The highest BCUT2D eigenvalue weighted by molar-refractivity contribution is 5.08. The third kappa shape index (κ3) is 9.30. The fraction of sp³-hybridized carbons (Fsp3) is 0.636. The molecule has 0 bridgehead atoms. The Hall–Kier alpha value is -0.700. The van der Waals surface area contributed by atoms with Gasteiger partial charge in [-0.1, -0.05) is 44.6 Å². The van der Waals surface area contributed by atoms with Gasteiger partial charge >= 0.3 is 0 Å². The first-order valence-electron chi connectivity index (χ1n) is 4.53. The van der Waals surface area contributed by atoms with Gasteiger partial charge < -0.3 is 0 Å². The summed E-state index contributed by atoms with van der Waals surface area (Å²) in [4.78, 5) is 0. The normalized spacial score (nSPS) is 10.2. The molecule has 0 aromatic carbocycles. The smallest absolute Gasteiger partial charge is 0.0162 e. The topological polar surface area (TPSA) is 0 Å². The summed E-state index contributed by atoms with van der Waals surface area (Å²) in [6, 6.07) is 0. The van der Waals surface area contributed by atoms with Gasteiger partial charge in [0.1, 0.15) is 0 Å². The van der Waals surface area contributed by atoms with Crippen LogP contribution in [0.2, 0.25) is 0 Å². The summed E-state index contributed by atoms with van der Waals surface area (Å²) >= 11 is 0. The Morgan fingerprint density at radius 1 is 1.18 bits per heavy atom. The molecule has 0 aromatic heterocycles. The first-order chi connectivity index (χ1) is 5.41. The molecule has 0 amide bonds. The van der Waals surface area contributed by atoms with E-state index < -0.39 is 0 Å². The van der Waals surface area contributed by atoms with E-state index in [2.05, 4.69) is 18.9 Å². The molecule has 0 atom stereocenters. The molecular weight excluding hydrogens is 132 g/mol. The highest BCUT2D eigenvalue weighted by Gasteiger charge is 1.85. The number of hydrogen-bond donors (Lipinski definition) is 0. The van der Waals surface area contributed by atoms with E-state index in [4.69, 9.17) is 6.42 Å². The molecule has 0 rings (SSSR count). The van der Waals surface area contributed by atoms with Crippen LogP contribution in [0.5, 0.6) is 0 Å². The number of hydrogen-bond acceptors (Lipinski definition) is 0. The van der Waals surface area contributed by atoms with E-state index in [9.17, 15) is 0 Å². The summed E-state index contributed by atoms with van der Waals surface area (Å²) in [5, 5.41) is 0. The van der Waals surface area contributed by atoms with Crippen molar-refractivity contribution in [3.05, 3.63) is 12.2 Å². The zero-order valence-corrected chi connectivity index (χ0v) is 7.47. The van der Waals surface area contributed by atoms with Crippen molar-refractivity contribution in [2.75, 3.05) is 0 Å². The van der Waals surface area contributed by atoms with Gasteiger partial charge in [0, 0.05) is 0 Å². The van der Waals surface area contributed by atoms with E-state index in [0.29, 0.717) is 0 Å². The van der Waals surface area contributed by atoms with Gasteiger partial charge in [-0.2, -0.15) is 0 Å². The largest absolute Gasteiger partial charge is 0.115 e. The minimum Gasteiger partial charge on any atom is -0.115 e. The van der Waals surface area contributed by atoms with Crippen molar-refractivity contribution in [2.45, 2.75) is 45.4 Å². The summed E-state index contributed by atoms with van der Waals surface area (Å²) in [6.07, 6.45) is 16.8. The lowest BCUT2D eigenvalue weighted by Crippen LogP contribution is -1.75. The molecular formula is C11H18. The average Bonchev–Trinajstić information content (AvgIpc) is 2.03. The Labute approximate surface area is 70.7 Å². The van der Waals surface area contributed by atoms with Gasteiger partial charge in [0.25, 0.3) is 0 Å². The maximum atomic E-state index is 5.05. The molecule has 0 saturated heterocycles. The summed E-state index contributed by atoms with van der Waals surface area (Å²) in [7, 11) is 0. The monoisotopic (exact) mass is 150 g/mol. The maximum absolute atomic E-state index is 5.05. The lowest BCUT2D eigenvalue weighted by Gasteiger charge is -1.94. The Kier molecular flexibility index (Phi) is 8.71. The standard InChI is InChI=1S/C11H18/c1-3-5-7-9-11-10-8-6-4-2/h1,5,7H,4,6,8-11H2,2H3/b7-5+. The minimum atomic E-state index is 1.15. The van der Waals surface area contributed by atoms with Gasteiger partial charge in [0.2, 0.25) is 0 Å². The van der Waals surface area contributed by atoms with Crippen LogP contribution in [0.4, 0.5) is 0 Å². The number of rotatable bonds is 6. The predicted octanol–water partition coefficient (Wildman–Crippen LogP) is 3.54. The van der Waals surface area contributed by atoms with Crippen molar-refractivity contribution in [1.29, 1.82) is 0 Å². The Morgan fingerprint density at radius 2 is 1.91 bits per heavy atom. The van der Waals surface area contributed by atoms with Crippen LogP contribution in [0.25, 0.3) is 0 Å². The van der Waals surface area contributed by atoms with Crippen molar-refractivity contribution < 1.29 is 0 Å². The minimum absolute atomic E-state index is 1.15. The Morgan fingerprint density at radius 3 is 2.55 bits per heavy atom. The molecule has 0 aliphatic rings. The number of unbranched alkanes of at least 4 members (excludes halogenated alkanes) is 5. The first kappa shape index (κ1) is 10.3. The van der Waals surface area contributed by atoms with Crippen LogP contribution in [0.3, 0.4) is 0 Å². The predicted molar refractivity (Wildman–Crippen MR) is 51.3 cm³/mol. The van der Waals surface area contributed by atoms with Crippen molar-refractivity contribution >= 4 is 0 Å². The third-order valence-corrected chi connectivity index (χ3v) is 1.69. The van der Waals surface area contributed by atoms with Gasteiger partial charge in [-0.15, -0.1) is 6.42 Å². The number of terminal acetylenes is 1. The molecule has 0 aliphatic heterocycles. The second kappa shape index (κ2) is 9.30. The molecule has 0 saturated carbocycles. The SMILES string of the molecule is C#C/C=C/CCCCCCC. The molecule has 62 valence electrons. The molecule has 0 unspecified atom stereocenters. The highest BCUT2D eigenvalue weighted by atomic mass is 13.9. The van der Waals surface area contributed by atoms with Crippen LogP contribution < -0.4 is 0 Å². The van der Waals surface area contributed by atoms with Crippen molar-refractivity contribution in [3.63, 3.8) is 0 Å². The van der Waals surface area contributed by atoms with E-state index >= 15 is 0 Å². The van der Waals surface area contributed by atoms with Crippen molar-refractivity contribution in [3.8, 4) is 12.3 Å². The molecule has 0 heteroatoms. The van der Waals surface area contributed by atoms with Crippen molar-refractivity contribution in [1.82, 2.24) is 0 Å². The summed E-state index contributed by atoms with van der Waals surface area (Å²) in [6.45, 7) is 2.23. The lowest BCUT2D eigenvalue weighted by molar-refractivity contribution is 0.637. The Balaban J connectivity index is 2.92. The molecule has 0 N–H and O–H groups in total. The van der Waals surface area contributed by atoms with Crippen LogP contribution in [-0.4, -0.2) is 0 Å². The van der Waals surface area contributed by atoms with Crippen LogP contribution in [0.15, 0.2) is 12.2 Å². The second-order valence-electron chi connectivity index (χ2n) is 2.77. The zero-order valence-electron chi connectivity index (χ0n) is 7.47. The third-order valence-electron chi connectivity index (χ3n) is 1.69. The average molecular weight is 150 g/mol. The molecule has 0 fully saturated rings. The molecule has 0 spiro atoms. The summed E-state index contributed by atoms with van der Waals surface area (Å²) < 4.78 is 0. The van der Waals surface area contributed by atoms with Gasteiger partial charge in [-0.3, -0.25) is 0 Å². The quantitative estimate of drug-likeness (QED) is 0.401. The summed E-state index contributed by atoms with van der Waals surface area (Å²) in [5.41, 5.74) is 0. The molecule has 11 heavy (non-hydrogen) atoms. The Bertz CT molecular complexity index is 125. The first-order valence-corrected chi connectivity index (χ1v) is 4.53. The van der Waals surface area contributed by atoms with E-state index in [1.165, 1.54) is 32.1 Å². The van der Waals surface area contributed by atoms with Crippen LogP contribution in [0.1, 0.15) is 45.4 Å². The second-order valence-corrected chi connectivity index (χ2v) is 2.77.